The number of esters is 1. The van der Waals surface area contributed by atoms with E-state index in [2.05, 4.69) is 9.98 Å². The van der Waals surface area contributed by atoms with E-state index in [9.17, 15) is 9.59 Å². The van der Waals surface area contributed by atoms with Crippen molar-refractivity contribution in [2.75, 3.05) is 20.8 Å². The van der Waals surface area contributed by atoms with Crippen LogP contribution in [0.25, 0.3) is 6.08 Å². The second kappa shape index (κ2) is 8.88. The molecule has 3 heterocycles. The molecule has 0 saturated heterocycles. The molecule has 32 heavy (non-hydrogen) atoms. The van der Waals surface area contributed by atoms with Gasteiger partial charge in [-0.25, -0.2) is 9.79 Å². The van der Waals surface area contributed by atoms with Gasteiger partial charge in [-0.1, -0.05) is 11.3 Å². The lowest BCUT2D eigenvalue weighted by Crippen LogP contribution is -2.40. The summed E-state index contributed by atoms with van der Waals surface area (Å²) >= 11 is 1.26. The van der Waals surface area contributed by atoms with Crippen LogP contribution in [0.3, 0.4) is 0 Å². The maximum absolute atomic E-state index is 13.5. The van der Waals surface area contributed by atoms with Crippen LogP contribution < -0.4 is 24.4 Å². The normalized spacial score (nSPS) is 15.9. The molecule has 1 aliphatic rings. The molecule has 9 heteroatoms. The highest BCUT2D eigenvalue weighted by Crippen LogP contribution is 2.37. The highest BCUT2D eigenvalue weighted by molar-refractivity contribution is 7.07. The summed E-state index contributed by atoms with van der Waals surface area (Å²) in [7, 11) is 3.10. The third-order valence-electron chi connectivity index (χ3n) is 5.16. The van der Waals surface area contributed by atoms with Crippen molar-refractivity contribution in [1.29, 1.82) is 0 Å². The van der Waals surface area contributed by atoms with Crippen molar-refractivity contribution in [3.63, 3.8) is 0 Å². The summed E-state index contributed by atoms with van der Waals surface area (Å²) in [6.45, 7) is 3.68. The zero-order chi connectivity index (χ0) is 22.8. The van der Waals surface area contributed by atoms with E-state index in [1.807, 2.05) is 12.1 Å². The Balaban J connectivity index is 2.03. The van der Waals surface area contributed by atoms with Gasteiger partial charge in [-0.05, 0) is 50.3 Å². The summed E-state index contributed by atoms with van der Waals surface area (Å²) in [6, 6.07) is 8.23. The number of thiazole rings is 1. The van der Waals surface area contributed by atoms with Crippen molar-refractivity contribution in [3.05, 3.63) is 78.7 Å². The van der Waals surface area contributed by atoms with Crippen molar-refractivity contribution in [3.8, 4) is 11.5 Å². The highest BCUT2D eigenvalue weighted by atomic mass is 32.1. The van der Waals surface area contributed by atoms with Crippen LogP contribution in [0.2, 0.25) is 0 Å². The lowest BCUT2D eigenvalue weighted by atomic mass is 9.95. The second-order valence-electron chi connectivity index (χ2n) is 7.04. The molecule has 0 unspecified atom stereocenters. The zero-order valence-corrected chi connectivity index (χ0v) is 19.0. The van der Waals surface area contributed by atoms with Crippen LogP contribution in [-0.2, 0) is 9.53 Å². The number of rotatable bonds is 6. The average molecular weight is 454 g/mol. The maximum Gasteiger partial charge on any atom is 0.338 e. The third kappa shape index (κ3) is 3.75. The molecule has 0 fully saturated rings. The summed E-state index contributed by atoms with van der Waals surface area (Å²) in [5.41, 5.74) is 1.93. The van der Waals surface area contributed by atoms with Crippen molar-refractivity contribution in [1.82, 2.24) is 9.55 Å². The molecule has 0 aliphatic carbocycles. The van der Waals surface area contributed by atoms with Crippen LogP contribution in [0.4, 0.5) is 0 Å². The predicted molar refractivity (Wildman–Crippen MR) is 121 cm³/mol. The molecule has 1 N–H and O–H groups in total. The van der Waals surface area contributed by atoms with E-state index in [1.54, 1.807) is 58.5 Å². The van der Waals surface area contributed by atoms with E-state index in [4.69, 9.17) is 14.2 Å². The molecule has 1 aliphatic heterocycles. The lowest BCUT2D eigenvalue weighted by Gasteiger charge is -2.26. The SMILES string of the molecule is CCOC(=O)C1=C(C)N=c2s/c(=C\c3ccc[nH]3)c(=O)n2[C@@H]1c1cc(OC)ccc1OC. The Morgan fingerprint density at radius 1 is 1.28 bits per heavy atom. The Bertz CT molecular complexity index is 1370. The van der Waals surface area contributed by atoms with Gasteiger partial charge in [0.05, 0.1) is 36.6 Å². The molecule has 166 valence electrons. The van der Waals surface area contributed by atoms with Gasteiger partial charge in [0.15, 0.2) is 4.80 Å². The number of carbonyl (C=O) groups excluding carboxylic acids is 1. The van der Waals surface area contributed by atoms with Crippen molar-refractivity contribution in [2.24, 2.45) is 4.99 Å². The van der Waals surface area contributed by atoms with Gasteiger partial charge in [-0.3, -0.25) is 9.36 Å². The number of nitrogens with zero attached hydrogens (tertiary/aromatic N) is 2. The number of aromatic amines is 1. The smallest absolute Gasteiger partial charge is 0.338 e. The minimum atomic E-state index is -0.777. The van der Waals surface area contributed by atoms with Gasteiger partial charge in [-0.15, -0.1) is 0 Å². The number of methoxy groups -OCH3 is 2. The van der Waals surface area contributed by atoms with E-state index in [-0.39, 0.29) is 17.7 Å². The topological polar surface area (TPSA) is 94.9 Å². The Morgan fingerprint density at radius 3 is 2.75 bits per heavy atom. The van der Waals surface area contributed by atoms with Gasteiger partial charge in [0.2, 0.25) is 0 Å². The molecule has 1 atom stereocenters. The minimum Gasteiger partial charge on any atom is -0.497 e. The van der Waals surface area contributed by atoms with E-state index in [1.165, 1.54) is 15.9 Å². The van der Waals surface area contributed by atoms with E-state index >= 15 is 0 Å². The lowest BCUT2D eigenvalue weighted by molar-refractivity contribution is -0.139. The van der Waals surface area contributed by atoms with Gasteiger partial charge in [-0.2, -0.15) is 0 Å². The zero-order valence-electron chi connectivity index (χ0n) is 18.2. The number of carbonyl (C=O) groups is 1. The highest BCUT2D eigenvalue weighted by Gasteiger charge is 2.35. The molecule has 8 nitrogen and oxygen atoms in total. The summed E-state index contributed by atoms with van der Waals surface area (Å²) in [4.78, 5) is 34.7. The van der Waals surface area contributed by atoms with E-state index in [0.29, 0.717) is 32.1 Å². The number of ether oxygens (including phenoxy) is 3. The molecule has 4 rings (SSSR count). The maximum atomic E-state index is 13.5. The first kappa shape index (κ1) is 21.6. The van der Waals surface area contributed by atoms with E-state index < -0.39 is 12.0 Å². The average Bonchev–Trinajstić information content (AvgIpc) is 3.40. The monoisotopic (exact) mass is 453 g/mol. The number of aromatic nitrogens is 2. The van der Waals surface area contributed by atoms with Gasteiger partial charge in [0.1, 0.15) is 17.5 Å². The summed E-state index contributed by atoms with van der Waals surface area (Å²) < 4.78 is 18.3. The van der Waals surface area contributed by atoms with Crippen LogP contribution in [0.5, 0.6) is 11.5 Å². The van der Waals surface area contributed by atoms with Crippen molar-refractivity contribution in [2.45, 2.75) is 19.9 Å². The number of hydrogen-bond acceptors (Lipinski definition) is 7. The first-order valence-electron chi connectivity index (χ1n) is 10.0. The predicted octanol–water partition coefficient (Wildman–Crippen LogP) is 2.14. The molecular formula is C23H23N3O5S. The second-order valence-corrected chi connectivity index (χ2v) is 8.04. The van der Waals surface area contributed by atoms with Crippen LogP contribution in [0, 0.1) is 0 Å². The summed E-state index contributed by atoms with van der Waals surface area (Å²) in [5.74, 6) is 0.570. The first-order chi connectivity index (χ1) is 15.5. The van der Waals surface area contributed by atoms with Crippen LogP contribution in [0.1, 0.15) is 31.1 Å². The Morgan fingerprint density at radius 2 is 2.09 bits per heavy atom. The molecule has 1 aromatic carbocycles. The van der Waals surface area contributed by atoms with Gasteiger partial charge < -0.3 is 19.2 Å². The quantitative estimate of drug-likeness (QED) is 0.577. The molecule has 0 amide bonds. The van der Waals surface area contributed by atoms with Gasteiger partial charge in [0, 0.05) is 17.5 Å². The molecule has 2 aromatic heterocycles. The molecule has 3 aromatic rings. The fraction of sp³-hybridized carbons (Fsp3) is 0.261. The van der Waals surface area contributed by atoms with Gasteiger partial charge in [0.25, 0.3) is 5.56 Å². The molecule has 0 bridgehead atoms. The number of nitrogens with one attached hydrogen (secondary N) is 1. The van der Waals surface area contributed by atoms with Crippen molar-refractivity contribution >= 4 is 23.4 Å². The van der Waals surface area contributed by atoms with Crippen LogP contribution in [0.15, 0.2) is 57.6 Å². The number of hydrogen-bond donors (Lipinski definition) is 1. The fourth-order valence-electron chi connectivity index (χ4n) is 3.71. The minimum absolute atomic E-state index is 0.203. The Kier molecular flexibility index (Phi) is 6.00. The molecule has 0 spiro atoms. The standard InChI is InChI=1S/C23H23N3O5S/c1-5-31-22(28)19-13(2)25-23-26(21(27)18(32-23)11-14-7-6-10-24-14)20(19)16-12-15(29-3)8-9-17(16)30-4/h6-12,20,24H,5H2,1-4H3/b18-11-/t20-/m1/s1. The number of H-pyrrole nitrogens is 1. The molecule has 0 saturated carbocycles. The Hall–Kier alpha value is -3.59. The van der Waals surface area contributed by atoms with Gasteiger partial charge >= 0.3 is 5.97 Å². The number of fused-ring (bicyclic) bond motifs is 1. The first-order valence-corrected chi connectivity index (χ1v) is 10.8. The molecule has 0 radical (unpaired) electrons. The summed E-state index contributed by atoms with van der Waals surface area (Å²) in [5, 5.41) is 0. The summed E-state index contributed by atoms with van der Waals surface area (Å²) in [6.07, 6.45) is 3.56. The van der Waals surface area contributed by atoms with Crippen LogP contribution >= 0.6 is 11.3 Å². The number of benzene rings is 1. The van der Waals surface area contributed by atoms with E-state index in [0.717, 1.165) is 5.69 Å². The van der Waals surface area contributed by atoms with Crippen LogP contribution in [-0.4, -0.2) is 36.3 Å². The Labute approximate surface area is 188 Å². The molecular weight excluding hydrogens is 430 g/mol. The third-order valence-corrected chi connectivity index (χ3v) is 6.14. The largest absolute Gasteiger partial charge is 0.497 e. The fourth-order valence-corrected chi connectivity index (χ4v) is 4.75. The van der Waals surface area contributed by atoms with Crippen molar-refractivity contribution < 1.29 is 19.0 Å². The number of allylic oxidation sites excluding steroid dienone is 1.